The molecule has 15 heavy (non-hydrogen) atoms. The summed E-state index contributed by atoms with van der Waals surface area (Å²) >= 11 is 3.40. The number of aromatic nitrogens is 2. The first-order valence-corrected chi connectivity index (χ1v) is 7.33. The minimum absolute atomic E-state index is 0.796. The van der Waals surface area contributed by atoms with Crippen molar-refractivity contribution in [2.24, 2.45) is 5.92 Å². The van der Waals surface area contributed by atoms with Crippen molar-refractivity contribution in [2.45, 2.75) is 32.9 Å². The normalized spacial score (nSPS) is 12.7. The van der Waals surface area contributed by atoms with Crippen molar-refractivity contribution in [3.8, 4) is 0 Å². The second kappa shape index (κ2) is 7.06. The van der Waals surface area contributed by atoms with Gasteiger partial charge in [0.2, 0.25) is 0 Å². The van der Waals surface area contributed by atoms with Crippen molar-refractivity contribution in [3.63, 3.8) is 0 Å². The lowest BCUT2D eigenvalue weighted by Gasteiger charge is -2.07. The molecular formula is C10H19N3S2. The molecule has 0 spiro atoms. The molecule has 0 aliphatic rings. The zero-order valence-electron chi connectivity index (χ0n) is 9.62. The van der Waals surface area contributed by atoms with E-state index in [2.05, 4.69) is 35.7 Å². The smallest absolute Gasteiger partial charge is 0.134 e. The van der Waals surface area contributed by atoms with E-state index in [1.54, 1.807) is 0 Å². The van der Waals surface area contributed by atoms with Gasteiger partial charge in [-0.15, -0.1) is 5.10 Å². The fraction of sp³-hybridized carbons (Fsp3) is 0.800. The van der Waals surface area contributed by atoms with Crippen LogP contribution in [0.4, 0.5) is 5.00 Å². The van der Waals surface area contributed by atoms with Crippen LogP contribution in [0.15, 0.2) is 0 Å². The predicted octanol–water partition coefficient (Wildman–Crippen LogP) is 3.25. The Balaban J connectivity index is 2.33. The largest absolute Gasteiger partial charge is 0.374 e. The molecule has 1 atom stereocenters. The fourth-order valence-corrected chi connectivity index (χ4v) is 2.96. The van der Waals surface area contributed by atoms with Gasteiger partial charge in [0.05, 0.1) is 0 Å². The molecule has 0 radical (unpaired) electrons. The number of anilines is 1. The highest BCUT2D eigenvalue weighted by molar-refractivity contribution is 7.98. The van der Waals surface area contributed by atoms with E-state index in [1.807, 2.05) is 11.8 Å². The summed E-state index contributed by atoms with van der Waals surface area (Å²) in [4.78, 5) is 0. The lowest BCUT2D eigenvalue weighted by molar-refractivity contribution is 0.637. The zero-order chi connectivity index (χ0) is 11.1. The van der Waals surface area contributed by atoms with Crippen LogP contribution < -0.4 is 5.32 Å². The Bertz CT molecular complexity index is 275. The Hall–Kier alpha value is -0.290. The van der Waals surface area contributed by atoms with E-state index < -0.39 is 0 Å². The van der Waals surface area contributed by atoms with Gasteiger partial charge in [-0.3, -0.25) is 0 Å². The molecule has 1 rings (SSSR count). The van der Waals surface area contributed by atoms with Crippen LogP contribution in [0, 0.1) is 5.92 Å². The van der Waals surface area contributed by atoms with Crippen molar-refractivity contribution in [3.05, 3.63) is 5.69 Å². The number of hydrogen-bond donors (Lipinski definition) is 1. The number of nitrogens with zero attached hydrogens (tertiary/aromatic N) is 2. The highest BCUT2D eigenvalue weighted by Gasteiger charge is 2.07. The summed E-state index contributed by atoms with van der Waals surface area (Å²) in [5, 5.41) is 8.56. The summed E-state index contributed by atoms with van der Waals surface area (Å²) in [5.41, 5.74) is 1.11. The van der Waals surface area contributed by atoms with Crippen molar-refractivity contribution >= 4 is 28.3 Å². The molecule has 0 fully saturated rings. The van der Waals surface area contributed by atoms with Gasteiger partial charge in [-0.05, 0) is 18.6 Å². The molecule has 1 aromatic heterocycles. The third-order valence-electron chi connectivity index (χ3n) is 2.23. The van der Waals surface area contributed by atoms with Crippen LogP contribution in [0.1, 0.15) is 32.9 Å². The van der Waals surface area contributed by atoms with E-state index in [4.69, 9.17) is 0 Å². The summed E-state index contributed by atoms with van der Waals surface area (Å²) in [7, 11) is 0. The second-order valence-electron chi connectivity index (χ2n) is 3.61. The number of rotatable bonds is 7. The van der Waals surface area contributed by atoms with Gasteiger partial charge < -0.3 is 5.32 Å². The molecule has 0 saturated heterocycles. The molecule has 3 nitrogen and oxygen atoms in total. The summed E-state index contributed by atoms with van der Waals surface area (Å²) in [6, 6.07) is 0. The van der Waals surface area contributed by atoms with Gasteiger partial charge in [-0.2, -0.15) is 11.8 Å². The van der Waals surface area contributed by atoms with Crippen molar-refractivity contribution in [1.29, 1.82) is 0 Å². The van der Waals surface area contributed by atoms with Crippen LogP contribution in [0.5, 0.6) is 0 Å². The fourth-order valence-electron chi connectivity index (χ4n) is 1.07. The van der Waals surface area contributed by atoms with E-state index in [-0.39, 0.29) is 0 Å². The minimum atomic E-state index is 0.796. The SMILES string of the molecule is CCNc1snnc1CSCC(C)CC. The number of hydrogen-bond acceptors (Lipinski definition) is 5. The lowest BCUT2D eigenvalue weighted by Crippen LogP contribution is -1.99. The van der Waals surface area contributed by atoms with Crippen molar-refractivity contribution in [1.82, 2.24) is 9.59 Å². The molecule has 0 bridgehead atoms. The van der Waals surface area contributed by atoms with Gasteiger partial charge in [0.1, 0.15) is 10.7 Å². The van der Waals surface area contributed by atoms with Gasteiger partial charge >= 0.3 is 0 Å². The van der Waals surface area contributed by atoms with Crippen LogP contribution in [0.3, 0.4) is 0 Å². The van der Waals surface area contributed by atoms with Gasteiger partial charge in [0.25, 0.3) is 0 Å². The molecule has 1 aromatic rings. The zero-order valence-corrected chi connectivity index (χ0v) is 11.2. The topological polar surface area (TPSA) is 37.8 Å². The standard InChI is InChI=1S/C10H19N3S2/c1-4-8(3)6-14-7-9-10(11-5-2)15-13-12-9/h8,11H,4-7H2,1-3H3. The third kappa shape index (κ3) is 4.38. The molecule has 0 aliphatic heterocycles. The molecule has 86 valence electrons. The monoisotopic (exact) mass is 245 g/mol. The Morgan fingerprint density at radius 2 is 2.27 bits per heavy atom. The molecular weight excluding hydrogens is 226 g/mol. The summed E-state index contributed by atoms with van der Waals surface area (Å²) in [5.74, 6) is 2.98. The molecule has 5 heteroatoms. The Morgan fingerprint density at radius 3 is 2.93 bits per heavy atom. The average Bonchev–Trinajstić information content (AvgIpc) is 2.66. The van der Waals surface area contributed by atoms with Gasteiger partial charge in [-0.1, -0.05) is 24.8 Å². The molecule has 1 heterocycles. The maximum Gasteiger partial charge on any atom is 0.134 e. The molecule has 0 amide bonds. The molecule has 0 aromatic carbocycles. The highest BCUT2D eigenvalue weighted by atomic mass is 32.2. The van der Waals surface area contributed by atoms with E-state index in [0.29, 0.717) is 0 Å². The van der Waals surface area contributed by atoms with Crippen LogP contribution in [0.2, 0.25) is 0 Å². The summed E-state index contributed by atoms with van der Waals surface area (Å²) < 4.78 is 3.97. The summed E-state index contributed by atoms with van der Waals surface area (Å²) in [6.07, 6.45) is 1.25. The highest BCUT2D eigenvalue weighted by Crippen LogP contribution is 2.23. The third-order valence-corrected chi connectivity index (χ3v) is 4.24. The van der Waals surface area contributed by atoms with Crippen LogP contribution >= 0.6 is 23.3 Å². The maximum absolute atomic E-state index is 4.14. The van der Waals surface area contributed by atoms with Crippen LogP contribution in [-0.2, 0) is 5.75 Å². The lowest BCUT2D eigenvalue weighted by atomic mass is 10.2. The Labute approximate surface area is 100 Å². The first-order valence-electron chi connectivity index (χ1n) is 5.40. The second-order valence-corrected chi connectivity index (χ2v) is 5.39. The van der Waals surface area contributed by atoms with Crippen molar-refractivity contribution < 1.29 is 0 Å². The van der Waals surface area contributed by atoms with Gasteiger partial charge in [0.15, 0.2) is 0 Å². The minimum Gasteiger partial charge on any atom is -0.374 e. The van der Waals surface area contributed by atoms with Crippen LogP contribution in [-0.4, -0.2) is 21.9 Å². The molecule has 0 saturated carbocycles. The number of nitrogens with one attached hydrogen (secondary N) is 1. The van der Waals surface area contributed by atoms with E-state index in [0.717, 1.165) is 28.9 Å². The van der Waals surface area contributed by atoms with Gasteiger partial charge in [0, 0.05) is 23.8 Å². The Kier molecular flexibility index (Phi) is 6.02. The Morgan fingerprint density at radius 1 is 1.47 bits per heavy atom. The predicted molar refractivity (Wildman–Crippen MR) is 69.7 cm³/mol. The van der Waals surface area contributed by atoms with E-state index in [9.17, 15) is 0 Å². The first-order chi connectivity index (χ1) is 7.27. The molecule has 1 unspecified atom stereocenters. The quantitative estimate of drug-likeness (QED) is 0.800. The average molecular weight is 245 g/mol. The van der Waals surface area contributed by atoms with Crippen molar-refractivity contribution in [2.75, 3.05) is 17.6 Å². The molecule has 0 aliphatic carbocycles. The van der Waals surface area contributed by atoms with Gasteiger partial charge in [-0.25, -0.2) is 0 Å². The van der Waals surface area contributed by atoms with Crippen LogP contribution in [0.25, 0.3) is 0 Å². The van der Waals surface area contributed by atoms with E-state index >= 15 is 0 Å². The number of thioether (sulfide) groups is 1. The maximum atomic E-state index is 4.14. The summed E-state index contributed by atoms with van der Waals surface area (Å²) in [6.45, 7) is 7.56. The first kappa shape index (κ1) is 12.8. The molecule has 1 N–H and O–H groups in total. The van der Waals surface area contributed by atoms with E-state index in [1.165, 1.54) is 23.7 Å².